The number of rotatable bonds is 5. The first kappa shape index (κ1) is 13.2. The summed E-state index contributed by atoms with van der Waals surface area (Å²) in [4.78, 5) is 0. The smallest absolute Gasteiger partial charge is 0.0543 e. The van der Waals surface area contributed by atoms with E-state index in [9.17, 15) is 0 Å². The van der Waals surface area contributed by atoms with Gasteiger partial charge in [-0.2, -0.15) is 0 Å². The molecular weight excluding hydrogens is 198 g/mol. The summed E-state index contributed by atoms with van der Waals surface area (Å²) < 4.78 is 5.22. The Kier molecular flexibility index (Phi) is 4.97. The van der Waals surface area contributed by atoms with Gasteiger partial charge in [-0.05, 0) is 29.5 Å². The first-order valence-electron chi connectivity index (χ1n) is 5.89. The van der Waals surface area contributed by atoms with E-state index in [-0.39, 0.29) is 0 Å². The van der Waals surface area contributed by atoms with Crippen LogP contribution in [0, 0.1) is 6.92 Å². The number of ether oxygens (including phenoxy) is 1. The first-order valence-corrected chi connectivity index (χ1v) is 5.89. The highest BCUT2D eigenvalue weighted by Crippen LogP contribution is 2.24. The van der Waals surface area contributed by atoms with E-state index in [2.05, 4.69) is 39.0 Å². The predicted molar refractivity (Wildman–Crippen MR) is 68.9 cm³/mol. The number of hydrogen-bond donors (Lipinski definition) is 1. The summed E-state index contributed by atoms with van der Waals surface area (Å²) in [6.45, 7) is 7.89. The molecule has 0 fully saturated rings. The Labute approximate surface area is 98.8 Å². The van der Waals surface area contributed by atoms with Crippen LogP contribution in [0.4, 0.5) is 0 Å². The summed E-state index contributed by atoms with van der Waals surface area (Å²) >= 11 is 0. The van der Waals surface area contributed by atoms with Crippen LogP contribution in [0.1, 0.15) is 42.4 Å². The van der Waals surface area contributed by atoms with Gasteiger partial charge in [0.1, 0.15) is 0 Å². The zero-order valence-corrected chi connectivity index (χ0v) is 10.8. The minimum absolute atomic E-state index is 0.309. The maximum atomic E-state index is 5.81. The van der Waals surface area contributed by atoms with Gasteiger partial charge in [0, 0.05) is 19.6 Å². The van der Waals surface area contributed by atoms with Crippen LogP contribution in [0.2, 0.25) is 0 Å². The van der Waals surface area contributed by atoms with Gasteiger partial charge in [0.2, 0.25) is 0 Å². The number of hydrogen-bond acceptors (Lipinski definition) is 2. The normalized spacial score (nSPS) is 13.1. The molecule has 0 bridgehead atoms. The molecule has 1 unspecified atom stereocenters. The summed E-state index contributed by atoms with van der Waals surface area (Å²) in [5, 5.41) is 0. The maximum Gasteiger partial charge on any atom is 0.0543 e. The molecule has 0 aliphatic rings. The molecule has 0 aromatic heterocycles. The molecule has 0 spiro atoms. The van der Waals surface area contributed by atoms with Gasteiger partial charge in [-0.1, -0.05) is 32.0 Å². The molecule has 0 aliphatic heterocycles. The monoisotopic (exact) mass is 221 g/mol. The second-order valence-corrected chi connectivity index (χ2v) is 4.66. The third-order valence-electron chi connectivity index (χ3n) is 3.06. The summed E-state index contributed by atoms with van der Waals surface area (Å²) in [6.07, 6.45) is 0. The van der Waals surface area contributed by atoms with Crippen molar-refractivity contribution in [1.82, 2.24) is 0 Å². The standard InChI is InChI=1S/C14H23NO/c1-10(2)12-6-5-11(3)14(7-12)13(8-15)9-16-4/h5-7,10,13H,8-9,15H2,1-4H3. The van der Waals surface area contributed by atoms with E-state index < -0.39 is 0 Å². The van der Waals surface area contributed by atoms with E-state index in [0.717, 1.165) is 0 Å². The van der Waals surface area contributed by atoms with Crippen molar-refractivity contribution in [2.45, 2.75) is 32.6 Å². The van der Waals surface area contributed by atoms with Gasteiger partial charge in [0.15, 0.2) is 0 Å². The average molecular weight is 221 g/mol. The second kappa shape index (κ2) is 6.02. The second-order valence-electron chi connectivity index (χ2n) is 4.66. The number of nitrogens with two attached hydrogens (primary N) is 1. The van der Waals surface area contributed by atoms with Crippen molar-refractivity contribution in [3.05, 3.63) is 34.9 Å². The molecule has 1 aromatic rings. The van der Waals surface area contributed by atoms with Crippen molar-refractivity contribution in [2.24, 2.45) is 5.73 Å². The summed E-state index contributed by atoms with van der Waals surface area (Å²) in [6, 6.07) is 6.66. The zero-order chi connectivity index (χ0) is 12.1. The lowest BCUT2D eigenvalue weighted by atomic mass is 9.91. The van der Waals surface area contributed by atoms with E-state index >= 15 is 0 Å². The number of aryl methyl sites for hydroxylation is 1. The lowest BCUT2D eigenvalue weighted by Crippen LogP contribution is -2.18. The Balaban J connectivity index is 3.04. The topological polar surface area (TPSA) is 35.2 Å². The van der Waals surface area contributed by atoms with Gasteiger partial charge in [-0.15, -0.1) is 0 Å². The van der Waals surface area contributed by atoms with Crippen LogP contribution in [-0.4, -0.2) is 20.3 Å². The Morgan fingerprint density at radius 3 is 2.50 bits per heavy atom. The predicted octanol–water partition coefficient (Wildman–Crippen LogP) is 2.81. The molecule has 0 amide bonds. The SMILES string of the molecule is COCC(CN)c1cc(C(C)C)ccc1C. The Morgan fingerprint density at radius 1 is 1.31 bits per heavy atom. The fourth-order valence-corrected chi connectivity index (χ4v) is 1.94. The van der Waals surface area contributed by atoms with Gasteiger partial charge < -0.3 is 10.5 Å². The van der Waals surface area contributed by atoms with Crippen molar-refractivity contribution in [3.63, 3.8) is 0 Å². The van der Waals surface area contributed by atoms with Crippen LogP contribution in [0.15, 0.2) is 18.2 Å². The average Bonchev–Trinajstić information content (AvgIpc) is 2.26. The molecule has 1 atom stereocenters. The van der Waals surface area contributed by atoms with Crippen molar-refractivity contribution >= 4 is 0 Å². The van der Waals surface area contributed by atoms with E-state index in [0.29, 0.717) is 25.0 Å². The van der Waals surface area contributed by atoms with Gasteiger partial charge in [0.05, 0.1) is 6.61 Å². The van der Waals surface area contributed by atoms with E-state index in [1.165, 1.54) is 16.7 Å². The van der Waals surface area contributed by atoms with Crippen LogP contribution < -0.4 is 5.73 Å². The molecule has 1 rings (SSSR count). The molecule has 0 heterocycles. The van der Waals surface area contributed by atoms with Gasteiger partial charge in [-0.25, -0.2) is 0 Å². The molecular formula is C14H23NO. The van der Waals surface area contributed by atoms with Crippen LogP contribution in [0.3, 0.4) is 0 Å². The van der Waals surface area contributed by atoms with E-state index in [1.54, 1.807) is 7.11 Å². The molecule has 0 radical (unpaired) electrons. The van der Waals surface area contributed by atoms with Crippen molar-refractivity contribution in [1.29, 1.82) is 0 Å². The van der Waals surface area contributed by atoms with E-state index in [4.69, 9.17) is 10.5 Å². The fraction of sp³-hybridized carbons (Fsp3) is 0.571. The molecule has 2 nitrogen and oxygen atoms in total. The minimum Gasteiger partial charge on any atom is -0.384 e. The van der Waals surface area contributed by atoms with Gasteiger partial charge in [0.25, 0.3) is 0 Å². The highest BCUT2D eigenvalue weighted by atomic mass is 16.5. The number of benzene rings is 1. The molecule has 1 aromatic carbocycles. The van der Waals surface area contributed by atoms with Crippen LogP contribution >= 0.6 is 0 Å². The van der Waals surface area contributed by atoms with Gasteiger partial charge in [-0.3, -0.25) is 0 Å². The van der Waals surface area contributed by atoms with Crippen LogP contribution in [-0.2, 0) is 4.74 Å². The minimum atomic E-state index is 0.309. The molecule has 16 heavy (non-hydrogen) atoms. The Bertz CT molecular complexity index is 334. The highest BCUT2D eigenvalue weighted by molar-refractivity contribution is 5.35. The molecule has 2 N–H and O–H groups in total. The lowest BCUT2D eigenvalue weighted by Gasteiger charge is -2.19. The van der Waals surface area contributed by atoms with Gasteiger partial charge >= 0.3 is 0 Å². The largest absolute Gasteiger partial charge is 0.384 e. The zero-order valence-electron chi connectivity index (χ0n) is 10.8. The third kappa shape index (κ3) is 3.06. The summed E-state index contributed by atoms with van der Waals surface area (Å²) in [7, 11) is 1.73. The lowest BCUT2D eigenvalue weighted by molar-refractivity contribution is 0.181. The molecule has 2 heteroatoms. The molecule has 0 saturated carbocycles. The fourth-order valence-electron chi connectivity index (χ4n) is 1.94. The van der Waals surface area contributed by atoms with Crippen molar-refractivity contribution < 1.29 is 4.74 Å². The number of methoxy groups -OCH3 is 1. The van der Waals surface area contributed by atoms with Crippen molar-refractivity contribution in [3.8, 4) is 0 Å². The maximum absolute atomic E-state index is 5.81. The van der Waals surface area contributed by atoms with Crippen molar-refractivity contribution in [2.75, 3.05) is 20.3 Å². The van der Waals surface area contributed by atoms with Crippen LogP contribution in [0.5, 0.6) is 0 Å². The van der Waals surface area contributed by atoms with E-state index in [1.807, 2.05) is 0 Å². The first-order chi connectivity index (χ1) is 7.60. The summed E-state index contributed by atoms with van der Waals surface area (Å²) in [5.41, 5.74) is 9.81. The van der Waals surface area contributed by atoms with Crippen LogP contribution in [0.25, 0.3) is 0 Å². The highest BCUT2D eigenvalue weighted by Gasteiger charge is 2.13. The summed E-state index contributed by atoms with van der Waals surface area (Å²) in [5.74, 6) is 0.865. The Hall–Kier alpha value is -0.860. The molecule has 0 aliphatic carbocycles. The molecule has 0 saturated heterocycles. The molecule has 90 valence electrons. The quantitative estimate of drug-likeness (QED) is 0.829. The third-order valence-corrected chi connectivity index (χ3v) is 3.06. The Morgan fingerprint density at radius 2 is 2.00 bits per heavy atom.